The van der Waals surface area contributed by atoms with Gasteiger partial charge in [0.2, 0.25) is 0 Å². The minimum absolute atomic E-state index is 0.121. The van der Waals surface area contributed by atoms with Crippen LogP contribution < -0.4 is 5.73 Å². The van der Waals surface area contributed by atoms with Crippen LogP contribution in [0.4, 0.5) is 4.39 Å². The van der Waals surface area contributed by atoms with Crippen LogP contribution in [0.25, 0.3) is 0 Å². The van der Waals surface area contributed by atoms with Gasteiger partial charge in [-0.05, 0) is 65.4 Å². The molecule has 1 nitrogen and oxygen atoms in total. The highest BCUT2D eigenvalue weighted by atomic mass is 79.9. The van der Waals surface area contributed by atoms with Gasteiger partial charge in [0, 0.05) is 0 Å². The van der Waals surface area contributed by atoms with Crippen LogP contribution in [0, 0.1) is 5.82 Å². The van der Waals surface area contributed by atoms with Gasteiger partial charge in [-0.25, -0.2) is 4.39 Å². The monoisotopic (exact) mass is 273 g/mol. The molecule has 3 heteroatoms. The van der Waals surface area contributed by atoms with Crippen LogP contribution in [0.15, 0.2) is 16.6 Å². The number of hydrogen-bond acceptors (Lipinski definition) is 1. The van der Waals surface area contributed by atoms with Gasteiger partial charge in [-0.1, -0.05) is 13.0 Å². The van der Waals surface area contributed by atoms with Gasteiger partial charge in [-0.3, -0.25) is 0 Å². The summed E-state index contributed by atoms with van der Waals surface area (Å²) >= 11 is 3.25. The van der Waals surface area contributed by atoms with Crippen molar-refractivity contribution in [1.82, 2.24) is 0 Å². The van der Waals surface area contributed by atoms with Gasteiger partial charge in [0.1, 0.15) is 5.82 Å². The molecule has 84 valence electrons. The fourth-order valence-corrected chi connectivity index (χ4v) is 2.10. The van der Waals surface area contributed by atoms with Crippen molar-refractivity contribution < 1.29 is 4.39 Å². The first-order chi connectivity index (χ1) is 7.19. The molecule has 0 amide bonds. The number of unbranched alkanes of at least 4 members (excludes halogenated alkanes) is 1. The van der Waals surface area contributed by atoms with E-state index in [9.17, 15) is 4.39 Å². The Morgan fingerprint density at radius 1 is 1.33 bits per heavy atom. The highest BCUT2D eigenvalue weighted by Gasteiger charge is 2.07. The lowest BCUT2D eigenvalue weighted by atomic mass is 10.0. The standard InChI is InChI=1S/C12H17BrFN/c1-2-9-7-10(5-3-4-6-15)12(14)11(13)8-9/h7-8H,2-6,15H2,1H3. The number of benzene rings is 1. The van der Waals surface area contributed by atoms with Crippen molar-refractivity contribution in [2.24, 2.45) is 5.73 Å². The van der Waals surface area contributed by atoms with E-state index >= 15 is 0 Å². The van der Waals surface area contributed by atoms with Crippen LogP contribution in [-0.2, 0) is 12.8 Å². The van der Waals surface area contributed by atoms with E-state index in [-0.39, 0.29) is 5.82 Å². The molecule has 0 radical (unpaired) electrons. The van der Waals surface area contributed by atoms with E-state index in [2.05, 4.69) is 22.9 Å². The summed E-state index contributed by atoms with van der Waals surface area (Å²) in [5.74, 6) is -0.121. The molecule has 0 aliphatic carbocycles. The molecule has 0 bridgehead atoms. The Balaban J connectivity index is 2.80. The quantitative estimate of drug-likeness (QED) is 0.818. The molecule has 0 saturated carbocycles. The molecule has 0 aliphatic rings. The molecule has 2 N–H and O–H groups in total. The Morgan fingerprint density at radius 2 is 2.07 bits per heavy atom. The molecule has 0 spiro atoms. The van der Waals surface area contributed by atoms with Crippen LogP contribution in [0.3, 0.4) is 0 Å². The van der Waals surface area contributed by atoms with Crippen molar-refractivity contribution in [1.29, 1.82) is 0 Å². The molecule has 1 rings (SSSR count). The largest absolute Gasteiger partial charge is 0.330 e. The second kappa shape index (κ2) is 6.23. The lowest BCUT2D eigenvalue weighted by molar-refractivity contribution is 0.593. The Kier molecular flexibility index (Phi) is 5.26. The zero-order chi connectivity index (χ0) is 11.3. The van der Waals surface area contributed by atoms with Crippen molar-refractivity contribution in [3.63, 3.8) is 0 Å². The molecule has 0 aromatic heterocycles. The molecule has 0 heterocycles. The summed E-state index contributed by atoms with van der Waals surface area (Å²) in [4.78, 5) is 0. The van der Waals surface area contributed by atoms with Crippen LogP contribution in [0.2, 0.25) is 0 Å². The third-order valence-corrected chi connectivity index (χ3v) is 3.05. The SMILES string of the molecule is CCc1cc(Br)c(F)c(CCCCN)c1. The van der Waals surface area contributed by atoms with Crippen molar-refractivity contribution in [3.05, 3.63) is 33.5 Å². The van der Waals surface area contributed by atoms with E-state index < -0.39 is 0 Å². The van der Waals surface area contributed by atoms with E-state index in [1.54, 1.807) is 0 Å². The smallest absolute Gasteiger partial charge is 0.140 e. The van der Waals surface area contributed by atoms with Crippen molar-refractivity contribution in [3.8, 4) is 0 Å². The normalized spacial score (nSPS) is 10.7. The number of hydrogen-bond donors (Lipinski definition) is 1. The fourth-order valence-electron chi connectivity index (χ4n) is 1.55. The Morgan fingerprint density at radius 3 is 2.67 bits per heavy atom. The summed E-state index contributed by atoms with van der Waals surface area (Å²) in [6.45, 7) is 2.75. The van der Waals surface area contributed by atoms with E-state index in [0.717, 1.165) is 31.2 Å². The minimum atomic E-state index is -0.121. The van der Waals surface area contributed by atoms with Gasteiger partial charge >= 0.3 is 0 Å². The van der Waals surface area contributed by atoms with Gasteiger partial charge in [0.05, 0.1) is 4.47 Å². The molecule has 0 saturated heterocycles. The van der Waals surface area contributed by atoms with Gasteiger partial charge in [-0.2, -0.15) is 0 Å². The minimum Gasteiger partial charge on any atom is -0.330 e. The Hall–Kier alpha value is -0.410. The van der Waals surface area contributed by atoms with E-state index in [0.29, 0.717) is 11.0 Å². The number of nitrogens with two attached hydrogens (primary N) is 1. The first-order valence-electron chi connectivity index (χ1n) is 5.36. The van der Waals surface area contributed by atoms with Gasteiger partial charge < -0.3 is 5.73 Å². The van der Waals surface area contributed by atoms with Crippen LogP contribution in [0.5, 0.6) is 0 Å². The maximum absolute atomic E-state index is 13.7. The predicted molar refractivity (Wildman–Crippen MR) is 65.5 cm³/mol. The molecular formula is C12H17BrFN. The molecule has 0 atom stereocenters. The summed E-state index contributed by atoms with van der Waals surface area (Å²) in [5.41, 5.74) is 7.39. The zero-order valence-electron chi connectivity index (χ0n) is 9.02. The van der Waals surface area contributed by atoms with E-state index in [4.69, 9.17) is 5.73 Å². The summed E-state index contributed by atoms with van der Waals surface area (Å²) in [5, 5.41) is 0. The van der Waals surface area contributed by atoms with Gasteiger partial charge in [0.15, 0.2) is 0 Å². The molecule has 0 aliphatic heterocycles. The average molecular weight is 274 g/mol. The number of aryl methyl sites for hydroxylation is 2. The maximum Gasteiger partial charge on any atom is 0.140 e. The third kappa shape index (κ3) is 3.58. The van der Waals surface area contributed by atoms with Gasteiger partial charge in [0.25, 0.3) is 0 Å². The summed E-state index contributed by atoms with van der Waals surface area (Å²) < 4.78 is 14.2. The van der Waals surface area contributed by atoms with Crippen molar-refractivity contribution in [2.75, 3.05) is 6.54 Å². The summed E-state index contributed by atoms with van der Waals surface area (Å²) in [7, 11) is 0. The van der Waals surface area contributed by atoms with E-state index in [1.807, 2.05) is 12.1 Å². The molecule has 1 aromatic carbocycles. The lowest BCUT2D eigenvalue weighted by Crippen LogP contribution is -2.01. The maximum atomic E-state index is 13.7. The summed E-state index contributed by atoms with van der Waals surface area (Å²) in [6.07, 6.45) is 3.61. The van der Waals surface area contributed by atoms with Gasteiger partial charge in [-0.15, -0.1) is 0 Å². The Labute approximate surface area is 99.0 Å². The zero-order valence-corrected chi connectivity index (χ0v) is 10.6. The highest BCUT2D eigenvalue weighted by Crippen LogP contribution is 2.23. The van der Waals surface area contributed by atoms with Crippen molar-refractivity contribution in [2.45, 2.75) is 32.6 Å². The first-order valence-corrected chi connectivity index (χ1v) is 6.15. The Bertz CT molecular complexity index is 326. The van der Waals surface area contributed by atoms with Crippen LogP contribution >= 0.6 is 15.9 Å². The van der Waals surface area contributed by atoms with Crippen LogP contribution in [0.1, 0.15) is 30.9 Å². The number of halogens is 2. The third-order valence-electron chi connectivity index (χ3n) is 2.47. The summed E-state index contributed by atoms with van der Waals surface area (Å²) in [6, 6.07) is 3.80. The average Bonchev–Trinajstić information content (AvgIpc) is 2.24. The second-order valence-electron chi connectivity index (χ2n) is 3.65. The highest BCUT2D eigenvalue weighted by molar-refractivity contribution is 9.10. The molecule has 1 aromatic rings. The van der Waals surface area contributed by atoms with Crippen LogP contribution in [-0.4, -0.2) is 6.54 Å². The second-order valence-corrected chi connectivity index (χ2v) is 4.50. The molecule has 15 heavy (non-hydrogen) atoms. The number of rotatable bonds is 5. The molecule has 0 fully saturated rings. The van der Waals surface area contributed by atoms with E-state index in [1.165, 1.54) is 5.56 Å². The lowest BCUT2D eigenvalue weighted by Gasteiger charge is -2.07. The molecule has 0 unspecified atom stereocenters. The predicted octanol–water partition coefficient (Wildman–Crippen LogP) is 3.43. The fraction of sp³-hybridized carbons (Fsp3) is 0.500. The topological polar surface area (TPSA) is 26.0 Å². The first kappa shape index (κ1) is 12.7. The molecular weight excluding hydrogens is 257 g/mol. The van der Waals surface area contributed by atoms with Crippen molar-refractivity contribution >= 4 is 15.9 Å².